The highest BCUT2D eigenvalue weighted by atomic mass is 127. The van der Waals surface area contributed by atoms with E-state index in [1.807, 2.05) is 6.07 Å². The van der Waals surface area contributed by atoms with Crippen LogP contribution in [0.15, 0.2) is 42.0 Å². The highest BCUT2D eigenvalue weighted by Gasteiger charge is 2.15. The Morgan fingerprint density at radius 1 is 1.24 bits per heavy atom. The zero-order valence-electron chi connectivity index (χ0n) is 16.1. The summed E-state index contributed by atoms with van der Waals surface area (Å²) < 4.78 is 12.0. The molecule has 1 amide bonds. The Labute approximate surface area is 182 Å². The summed E-state index contributed by atoms with van der Waals surface area (Å²) in [6.45, 7) is 0.226. The molecule has 0 spiro atoms. The summed E-state index contributed by atoms with van der Waals surface area (Å²) in [7, 11) is 4.67. The van der Waals surface area contributed by atoms with Gasteiger partial charge in [-0.3, -0.25) is 4.79 Å². The van der Waals surface area contributed by atoms with Crippen LogP contribution < -0.4 is 9.47 Å². The molecule has 0 radical (unpaired) electrons. The van der Waals surface area contributed by atoms with Gasteiger partial charge in [0.25, 0.3) is 5.91 Å². The second kappa shape index (κ2) is 9.93. The van der Waals surface area contributed by atoms with Crippen LogP contribution >= 0.6 is 22.6 Å². The maximum absolute atomic E-state index is 12.1. The molecule has 0 heterocycles. The van der Waals surface area contributed by atoms with Crippen LogP contribution in [0.25, 0.3) is 6.08 Å². The number of carbonyl (C=O) groups excluding carboxylic acids is 1. The quantitative estimate of drug-likeness (QED) is 0.350. The lowest BCUT2D eigenvalue weighted by molar-refractivity contribution is -0.124. The lowest BCUT2D eigenvalue weighted by Gasteiger charge is -2.14. The van der Waals surface area contributed by atoms with E-state index in [-0.39, 0.29) is 23.7 Å². The van der Waals surface area contributed by atoms with E-state index >= 15 is 0 Å². The van der Waals surface area contributed by atoms with Gasteiger partial charge in [-0.2, -0.15) is 5.26 Å². The number of likely N-dealkylation sites (N-methyl/N-ethyl adjacent to an activating group) is 1. The minimum atomic E-state index is -0.984. The first kappa shape index (κ1) is 22.2. The lowest BCUT2D eigenvalue weighted by atomic mass is 10.1. The lowest BCUT2D eigenvalue weighted by Crippen LogP contribution is -2.22. The number of methoxy groups -OCH3 is 1. The number of benzene rings is 2. The first-order valence-corrected chi connectivity index (χ1v) is 9.50. The molecule has 0 bridgehead atoms. The molecule has 2 aromatic carbocycles. The van der Waals surface area contributed by atoms with Crippen LogP contribution in [0.5, 0.6) is 11.5 Å². The molecule has 8 heteroatoms. The molecule has 0 fully saturated rings. The van der Waals surface area contributed by atoms with Crippen LogP contribution in [0.3, 0.4) is 0 Å². The number of carboxylic acids is 1. The number of carbonyl (C=O) groups is 2. The number of aromatic carboxylic acids is 1. The molecule has 7 nitrogen and oxygen atoms in total. The van der Waals surface area contributed by atoms with Crippen LogP contribution in [-0.4, -0.2) is 43.1 Å². The van der Waals surface area contributed by atoms with Gasteiger partial charge in [-0.05, 0) is 64.1 Å². The SMILES string of the molecule is COc1cc(/C=C(/C#N)C(=O)N(C)C)cc(I)c1OCc1ccc(C(=O)O)cc1. The number of rotatable bonds is 7. The second-order valence-corrected chi connectivity index (χ2v) is 7.36. The maximum Gasteiger partial charge on any atom is 0.335 e. The van der Waals surface area contributed by atoms with Crippen LogP contribution in [0.4, 0.5) is 0 Å². The van der Waals surface area contributed by atoms with E-state index in [1.165, 1.54) is 30.2 Å². The van der Waals surface area contributed by atoms with Gasteiger partial charge in [-0.25, -0.2) is 4.79 Å². The summed E-state index contributed by atoms with van der Waals surface area (Å²) >= 11 is 2.09. The summed E-state index contributed by atoms with van der Waals surface area (Å²) in [5.41, 5.74) is 1.66. The smallest absolute Gasteiger partial charge is 0.335 e. The Hall–Kier alpha value is -3.06. The number of ether oxygens (including phenoxy) is 2. The van der Waals surface area contributed by atoms with Gasteiger partial charge in [-0.1, -0.05) is 12.1 Å². The van der Waals surface area contributed by atoms with Crippen molar-refractivity contribution in [2.24, 2.45) is 0 Å². The fourth-order valence-corrected chi connectivity index (χ4v) is 3.19. The van der Waals surface area contributed by atoms with E-state index in [9.17, 15) is 14.9 Å². The zero-order chi connectivity index (χ0) is 21.6. The molecule has 1 N–H and O–H groups in total. The Bertz CT molecular complexity index is 991. The molecule has 0 unspecified atom stereocenters. The maximum atomic E-state index is 12.1. The van der Waals surface area contributed by atoms with Crippen molar-refractivity contribution in [1.82, 2.24) is 4.90 Å². The van der Waals surface area contributed by atoms with Gasteiger partial charge in [0.15, 0.2) is 11.5 Å². The van der Waals surface area contributed by atoms with E-state index in [1.54, 1.807) is 38.4 Å². The van der Waals surface area contributed by atoms with Crippen molar-refractivity contribution in [3.05, 3.63) is 62.2 Å². The van der Waals surface area contributed by atoms with Gasteiger partial charge >= 0.3 is 5.97 Å². The van der Waals surface area contributed by atoms with Crippen LogP contribution in [0, 0.1) is 14.9 Å². The average Bonchev–Trinajstić information content (AvgIpc) is 2.70. The average molecular weight is 506 g/mol. The number of nitriles is 1. The van der Waals surface area contributed by atoms with Crippen molar-refractivity contribution < 1.29 is 24.2 Å². The molecule has 0 aliphatic rings. The summed E-state index contributed by atoms with van der Waals surface area (Å²) in [6, 6.07) is 11.8. The van der Waals surface area contributed by atoms with E-state index in [4.69, 9.17) is 14.6 Å². The number of carboxylic acid groups (broad SMARTS) is 1. The van der Waals surface area contributed by atoms with Gasteiger partial charge in [0.1, 0.15) is 18.2 Å². The Morgan fingerprint density at radius 2 is 1.90 bits per heavy atom. The number of amides is 1. The van der Waals surface area contributed by atoms with Gasteiger partial charge in [0.05, 0.1) is 16.2 Å². The van der Waals surface area contributed by atoms with E-state index in [0.29, 0.717) is 17.1 Å². The standard InChI is InChI=1S/C21H19IN2O5/c1-24(2)20(25)16(11-23)8-14-9-17(22)19(18(10-14)28-3)29-12-13-4-6-15(7-5-13)21(26)27/h4-10H,12H2,1-3H3,(H,26,27)/b16-8-. The summed E-state index contributed by atoms with van der Waals surface area (Å²) in [5, 5.41) is 18.2. The molecule has 2 aromatic rings. The monoisotopic (exact) mass is 506 g/mol. The number of hydrogen-bond acceptors (Lipinski definition) is 5. The zero-order valence-corrected chi connectivity index (χ0v) is 18.3. The van der Waals surface area contributed by atoms with Crippen molar-refractivity contribution in [2.45, 2.75) is 6.61 Å². The molecule has 0 aliphatic heterocycles. The number of halogens is 1. The molecular weight excluding hydrogens is 487 g/mol. The Morgan fingerprint density at radius 3 is 2.41 bits per heavy atom. The number of nitrogens with zero attached hydrogens (tertiary/aromatic N) is 2. The summed E-state index contributed by atoms with van der Waals surface area (Å²) in [4.78, 5) is 24.3. The van der Waals surface area contributed by atoms with E-state index in [2.05, 4.69) is 22.6 Å². The normalized spacial score (nSPS) is 10.8. The van der Waals surface area contributed by atoms with Crippen molar-refractivity contribution in [3.63, 3.8) is 0 Å². The Balaban J connectivity index is 2.27. The second-order valence-electron chi connectivity index (χ2n) is 6.19. The minimum Gasteiger partial charge on any atom is -0.493 e. The molecule has 29 heavy (non-hydrogen) atoms. The largest absolute Gasteiger partial charge is 0.493 e. The summed E-state index contributed by atoms with van der Waals surface area (Å²) in [6.07, 6.45) is 1.50. The van der Waals surface area contributed by atoms with E-state index < -0.39 is 5.97 Å². The fraction of sp³-hybridized carbons (Fsp3) is 0.190. The van der Waals surface area contributed by atoms with Gasteiger partial charge in [-0.15, -0.1) is 0 Å². The topological polar surface area (TPSA) is 99.9 Å². The van der Waals surface area contributed by atoms with Crippen molar-refractivity contribution in [3.8, 4) is 17.6 Å². The predicted molar refractivity (Wildman–Crippen MR) is 116 cm³/mol. The third-order valence-electron chi connectivity index (χ3n) is 3.90. The molecule has 2 rings (SSSR count). The minimum absolute atomic E-state index is 0.0139. The number of hydrogen-bond donors (Lipinski definition) is 1. The first-order valence-electron chi connectivity index (χ1n) is 8.42. The molecule has 150 valence electrons. The van der Waals surface area contributed by atoms with Crippen molar-refractivity contribution >= 4 is 40.5 Å². The third-order valence-corrected chi connectivity index (χ3v) is 4.71. The van der Waals surface area contributed by atoms with Crippen molar-refractivity contribution in [1.29, 1.82) is 5.26 Å². The molecule has 0 atom stereocenters. The van der Waals surface area contributed by atoms with Crippen LogP contribution in [0.2, 0.25) is 0 Å². The summed E-state index contributed by atoms with van der Waals surface area (Å²) in [5.74, 6) is -0.390. The molecule has 0 saturated heterocycles. The molecular formula is C21H19IN2O5. The van der Waals surface area contributed by atoms with Crippen LogP contribution in [-0.2, 0) is 11.4 Å². The molecule has 0 saturated carbocycles. The van der Waals surface area contributed by atoms with Crippen LogP contribution in [0.1, 0.15) is 21.5 Å². The van der Waals surface area contributed by atoms with Crippen molar-refractivity contribution in [2.75, 3.05) is 21.2 Å². The molecule has 0 aromatic heterocycles. The first-order chi connectivity index (χ1) is 13.8. The molecule has 0 aliphatic carbocycles. The van der Waals surface area contributed by atoms with Gasteiger partial charge in [0, 0.05) is 14.1 Å². The fourth-order valence-electron chi connectivity index (χ4n) is 2.41. The highest BCUT2D eigenvalue weighted by Crippen LogP contribution is 2.35. The third kappa shape index (κ3) is 5.71. The highest BCUT2D eigenvalue weighted by molar-refractivity contribution is 14.1. The Kier molecular flexibility index (Phi) is 7.61. The van der Waals surface area contributed by atoms with E-state index in [0.717, 1.165) is 9.13 Å². The van der Waals surface area contributed by atoms with Gasteiger partial charge < -0.3 is 19.5 Å². The predicted octanol–water partition coefficient (Wildman–Crippen LogP) is 3.57. The van der Waals surface area contributed by atoms with Gasteiger partial charge in [0.2, 0.25) is 0 Å².